The van der Waals surface area contributed by atoms with Gasteiger partial charge in [-0.25, -0.2) is 0 Å². The Morgan fingerprint density at radius 1 is 0.667 bits per heavy atom. The molecule has 6 heavy (non-hydrogen) atoms. The van der Waals surface area contributed by atoms with Gasteiger partial charge in [0.1, 0.15) is 0 Å². The second-order valence-electron chi connectivity index (χ2n) is 0. The molecule has 0 unspecified atom stereocenters. The van der Waals surface area contributed by atoms with Gasteiger partial charge in [-0.1, -0.05) is 0 Å². The van der Waals surface area contributed by atoms with E-state index < -0.39 is 0 Å². The number of hydrogen-bond acceptors (Lipinski definition) is 0. The Morgan fingerprint density at radius 2 is 0.667 bits per heavy atom. The molecule has 0 aromatic heterocycles. The summed E-state index contributed by atoms with van der Waals surface area (Å²) in [5.74, 6) is 0. The minimum Gasteiger partial charge on any atom is -2.00 e. The van der Waals surface area contributed by atoms with Crippen LogP contribution in [0.5, 0.6) is 0 Å². The summed E-state index contributed by atoms with van der Waals surface area (Å²) in [4.78, 5) is 0. The van der Waals surface area contributed by atoms with Gasteiger partial charge in [-0.3, -0.25) is 0 Å². The van der Waals surface area contributed by atoms with Crippen molar-refractivity contribution in [1.29, 1.82) is 0 Å². The van der Waals surface area contributed by atoms with Crippen LogP contribution in [0.4, 0.5) is 0 Å². The molecule has 0 aliphatic carbocycles. The molecule has 0 aromatic carbocycles. The van der Waals surface area contributed by atoms with Crippen LogP contribution in [0.1, 0.15) is 0 Å². The van der Waals surface area contributed by atoms with Gasteiger partial charge in [0.15, 0.2) is 0 Å². The van der Waals surface area contributed by atoms with E-state index in [1.54, 1.807) is 0 Å². The Morgan fingerprint density at radius 3 is 0.667 bits per heavy atom. The molecule has 0 aliphatic heterocycles. The molecule has 0 spiro atoms. The molecule has 29 valence electrons. The molecule has 0 atom stereocenters. The zero-order valence-corrected chi connectivity index (χ0v) is 6.58. The SMILES string of the molecule is [Al+3].[Mn+2].[O-2].[O-2].[O-2].[Ti+4]. The van der Waals surface area contributed by atoms with Crippen molar-refractivity contribution >= 4 is 17.4 Å². The first-order chi connectivity index (χ1) is 0. The van der Waals surface area contributed by atoms with Crippen LogP contribution in [-0.2, 0) is 55.2 Å². The molecule has 3 nitrogen and oxygen atoms in total. The van der Waals surface area contributed by atoms with Crippen LogP contribution in [0, 0.1) is 0 Å². The summed E-state index contributed by atoms with van der Waals surface area (Å²) in [7, 11) is 0. The maximum Gasteiger partial charge on any atom is 4.00 e. The summed E-state index contributed by atoms with van der Waals surface area (Å²) in [5.41, 5.74) is 0. The summed E-state index contributed by atoms with van der Waals surface area (Å²) in [6, 6.07) is 0. The van der Waals surface area contributed by atoms with Crippen LogP contribution in [0.3, 0.4) is 0 Å². The van der Waals surface area contributed by atoms with Crippen LogP contribution < -0.4 is 0 Å². The molecular formula is AlMnO3Ti+3. The molecule has 6 heteroatoms. The summed E-state index contributed by atoms with van der Waals surface area (Å²) >= 11 is 0. The van der Waals surface area contributed by atoms with Gasteiger partial charge in [-0.05, 0) is 0 Å². The zero-order chi connectivity index (χ0) is 0. The number of hydrogen-bond donors (Lipinski definition) is 0. The molecule has 0 fully saturated rings. The molecule has 0 bridgehead atoms. The molecule has 0 saturated heterocycles. The third-order valence-corrected chi connectivity index (χ3v) is 0. The molecule has 0 N–H and O–H groups in total. The molecule has 0 heterocycles. The molecule has 0 aromatic rings. The van der Waals surface area contributed by atoms with Crippen molar-refractivity contribution in [3.8, 4) is 0 Å². The van der Waals surface area contributed by atoms with E-state index in [2.05, 4.69) is 0 Å². The van der Waals surface area contributed by atoms with Gasteiger partial charge in [-0.2, -0.15) is 0 Å². The fourth-order valence-corrected chi connectivity index (χ4v) is 0. The van der Waals surface area contributed by atoms with Crippen molar-refractivity contribution in [2.75, 3.05) is 0 Å². The Labute approximate surface area is 72.3 Å². The third kappa shape index (κ3) is 45.0. The first-order valence-electron chi connectivity index (χ1n) is 0. The Bertz CT molecular complexity index is 10.8. The van der Waals surface area contributed by atoms with Crippen molar-refractivity contribution in [2.45, 2.75) is 0 Å². The maximum absolute atomic E-state index is 0. The van der Waals surface area contributed by atoms with Crippen LogP contribution in [-0.4, -0.2) is 17.4 Å². The van der Waals surface area contributed by atoms with Crippen LogP contribution >= 0.6 is 0 Å². The van der Waals surface area contributed by atoms with E-state index in [4.69, 9.17) is 0 Å². The predicted molar refractivity (Wildman–Crippen MR) is 7.81 cm³/mol. The standard InChI is InChI=1S/Al.Mn.3O.Ti/q+3;+2;3*-2;+4. The van der Waals surface area contributed by atoms with Crippen molar-refractivity contribution in [3.63, 3.8) is 0 Å². The zero-order valence-electron chi connectivity index (χ0n) is 2.68. The summed E-state index contributed by atoms with van der Waals surface area (Å²) in [5, 5.41) is 0. The first-order valence-corrected chi connectivity index (χ1v) is 0. The van der Waals surface area contributed by atoms with Gasteiger partial charge in [0.2, 0.25) is 0 Å². The van der Waals surface area contributed by atoms with Gasteiger partial charge < -0.3 is 16.4 Å². The second-order valence-corrected chi connectivity index (χ2v) is 0. The molecule has 0 saturated carbocycles. The third-order valence-electron chi connectivity index (χ3n) is 0. The van der Waals surface area contributed by atoms with Crippen molar-refractivity contribution in [1.82, 2.24) is 0 Å². The minimum absolute atomic E-state index is 0. The van der Waals surface area contributed by atoms with Crippen molar-refractivity contribution in [2.24, 2.45) is 0 Å². The fraction of sp³-hybridized carbons (Fsp3) is 0. The monoisotopic (exact) mass is 178 g/mol. The fourth-order valence-electron chi connectivity index (χ4n) is 0. The molecule has 0 amide bonds. The largest absolute Gasteiger partial charge is 4.00 e. The van der Waals surface area contributed by atoms with Crippen LogP contribution in [0.25, 0.3) is 0 Å². The van der Waals surface area contributed by atoms with Gasteiger partial charge >= 0.3 is 56.1 Å². The second kappa shape index (κ2) is 78.2. The first kappa shape index (κ1) is 125. The summed E-state index contributed by atoms with van der Waals surface area (Å²) in [6.07, 6.45) is 0. The van der Waals surface area contributed by atoms with E-state index >= 15 is 0 Å². The van der Waals surface area contributed by atoms with Crippen LogP contribution in [0.15, 0.2) is 0 Å². The smallest absolute Gasteiger partial charge is 2.00 e. The maximum atomic E-state index is 0. The van der Waals surface area contributed by atoms with E-state index in [1.807, 2.05) is 0 Å². The Kier molecular flexibility index (Phi) is 1620. The minimum atomic E-state index is 0. The molecule has 0 rings (SSSR count). The molecule has 0 aliphatic rings. The van der Waals surface area contributed by atoms with Gasteiger partial charge in [0.25, 0.3) is 0 Å². The Balaban J connectivity index is 0. The van der Waals surface area contributed by atoms with Crippen molar-refractivity contribution in [3.05, 3.63) is 0 Å². The van der Waals surface area contributed by atoms with Gasteiger partial charge in [0, 0.05) is 0 Å². The van der Waals surface area contributed by atoms with E-state index in [9.17, 15) is 0 Å². The van der Waals surface area contributed by atoms with E-state index in [-0.39, 0.29) is 72.6 Å². The Hall–Kier alpha value is 1.65. The van der Waals surface area contributed by atoms with Gasteiger partial charge in [0.05, 0.1) is 0 Å². The molecular weight excluding hydrogens is 178 g/mol. The van der Waals surface area contributed by atoms with Crippen molar-refractivity contribution < 1.29 is 55.2 Å². The summed E-state index contributed by atoms with van der Waals surface area (Å²) in [6.45, 7) is 0. The topological polar surface area (TPSA) is 85.5 Å². The molecule has 1 radical (unpaired) electrons. The normalized spacial score (nSPS) is 0. The quantitative estimate of drug-likeness (QED) is 0.437. The van der Waals surface area contributed by atoms with E-state index in [1.165, 1.54) is 0 Å². The van der Waals surface area contributed by atoms with Crippen LogP contribution in [0.2, 0.25) is 0 Å². The van der Waals surface area contributed by atoms with E-state index in [0.29, 0.717) is 0 Å². The average molecular weight is 178 g/mol. The number of rotatable bonds is 0. The average Bonchev–Trinajstić information content (AvgIpc) is 0. The summed E-state index contributed by atoms with van der Waals surface area (Å²) < 4.78 is 0. The van der Waals surface area contributed by atoms with E-state index in [0.717, 1.165) is 0 Å². The predicted octanol–water partition coefficient (Wildman–Crippen LogP) is -0.742. The van der Waals surface area contributed by atoms with Gasteiger partial charge in [-0.15, -0.1) is 0 Å².